The topological polar surface area (TPSA) is 70.4 Å². The highest BCUT2D eigenvalue weighted by Crippen LogP contribution is 2.27. The minimum absolute atomic E-state index is 0. The summed E-state index contributed by atoms with van der Waals surface area (Å²) in [5.74, 6) is 3.66. The second-order valence-corrected chi connectivity index (χ2v) is 9.32. The van der Waals surface area contributed by atoms with E-state index in [1.165, 1.54) is 64.3 Å². The van der Waals surface area contributed by atoms with Crippen molar-refractivity contribution >= 4 is 29.9 Å². The highest BCUT2D eigenvalue weighted by Gasteiger charge is 2.23. The van der Waals surface area contributed by atoms with Gasteiger partial charge in [-0.15, -0.1) is 34.2 Å². The molecule has 1 aliphatic heterocycles. The molecule has 2 heterocycles. The Balaban J connectivity index is 0.00000341. The number of likely N-dealkylation sites (tertiary alicyclic amines) is 1. The van der Waals surface area contributed by atoms with Gasteiger partial charge in [-0.2, -0.15) is 0 Å². The van der Waals surface area contributed by atoms with E-state index in [-0.39, 0.29) is 24.0 Å². The van der Waals surface area contributed by atoms with Gasteiger partial charge in [0.2, 0.25) is 0 Å². The van der Waals surface area contributed by atoms with Crippen molar-refractivity contribution in [3.05, 3.63) is 11.6 Å². The van der Waals surface area contributed by atoms with Crippen LogP contribution in [0.15, 0.2) is 4.99 Å². The molecular formula is C23H44IN7. The molecule has 1 aliphatic carbocycles. The maximum absolute atomic E-state index is 4.87. The third-order valence-corrected chi connectivity index (χ3v) is 7.09. The van der Waals surface area contributed by atoms with E-state index in [9.17, 15) is 0 Å². The maximum Gasteiger partial charge on any atom is 0.191 e. The lowest BCUT2D eigenvalue weighted by Crippen LogP contribution is -2.47. The maximum atomic E-state index is 4.87. The molecule has 0 spiro atoms. The molecule has 1 aromatic rings. The third-order valence-electron chi connectivity index (χ3n) is 7.09. The molecule has 2 atom stereocenters. The van der Waals surface area contributed by atoms with Gasteiger partial charge in [0, 0.05) is 25.7 Å². The number of aryl methyl sites for hydroxylation is 1. The minimum atomic E-state index is 0. The van der Waals surface area contributed by atoms with Crippen LogP contribution in [-0.4, -0.2) is 57.3 Å². The van der Waals surface area contributed by atoms with E-state index >= 15 is 0 Å². The van der Waals surface area contributed by atoms with Gasteiger partial charge in [0.25, 0.3) is 0 Å². The number of guanidine groups is 1. The van der Waals surface area contributed by atoms with E-state index in [0.29, 0.717) is 18.6 Å². The Labute approximate surface area is 206 Å². The molecule has 1 aromatic heterocycles. The molecule has 8 heteroatoms. The Bertz CT molecular complexity index is 669. The number of aromatic nitrogens is 3. The second-order valence-electron chi connectivity index (χ2n) is 9.32. The zero-order chi connectivity index (χ0) is 21.3. The zero-order valence-electron chi connectivity index (χ0n) is 20.1. The van der Waals surface area contributed by atoms with E-state index in [2.05, 4.69) is 39.6 Å². The van der Waals surface area contributed by atoms with Gasteiger partial charge in [-0.25, -0.2) is 4.99 Å². The standard InChI is InChI=1S/C23H43N7.HI/c1-5-30-15-9-12-21(30)16-24-23(25-17-22-28-27-19(3)29(22)4)26-18(2)13-14-20-10-7-6-8-11-20;/h18,20-21H,5-17H2,1-4H3,(H2,24,25,26);1H. The van der Waals surface area contributed by atoms with E-state index < -0.39 is 0 Å². The van der Waals surface area contributed by atoms with Crippen LogP contribution in [-0.2, 0) is 13.6 Å². The summed E-state index contributed by atoms with van der Waals surface area (Å²) in [5.41, 5.74) is 0. The normalized spacial score (nSPS) is 21.7. The summed E-state index contributed by atoms with van der Waals surface area (Å²) in [6.07, 6.45) is 12.2. The quantitative estimate of drug-likeness (QED) is 0.279. The van der Waals surface area contributed by atoms with Crippen LogP contribution in [0.4, 0.5) is 0 Å². The summed E-state index contributed by atoms with van der Waals surface area (Å²) in [4.78, 5) is 7.44. The molecular weight excluding hydrogens is 501 g/mol. The predicted molar refractivity (Wildman–Crippen MR) is 139 cm³/mol. The van der Waals surface area contributed by atoms with E-state index in [0.717, 1.165) is 36.6 Å². The number of hydrogen-bond donors (Lipinski definition) is 2. The molecule has 2 unspecified atom stereocenters. The SMILES string of the molecule is CCN1CCCC1CNC(=NCc1nnc(C)n1C)NC(C)CCC1CCCCC1.I. The first-order chi connectivity index (χ1) is 14.6. The summed E-state index contributed by atoms with van der Waals surface area (Å²) in [5, 5.41) is 15.7. The van der Waals surface area contributed by atoms with Gasteiger partial charge in [-0.05, 0) is 58.5 Å². The van der Waals surface area contributed by atoms with Crippen molar-refractivity contribution in [1.82, 2.24) is 30.3 Å². The predicted octanol–water partition coefficient (Wildman–Crippen LogP) is 4.01. The Kier molecular flexibility index (Phi) is 11.6. The fourth-order valence-electron chi connectivity index (χ4n) is 4.92. The van der Waals surface area contributed by atoms with Gasteiger partial charge in [0.15, 0.2) is 11.8 Å². The van der Waals surface area contributed by atoms with Gasteiger partial charge in [-0.1, -0.05) is 39.0 Å². The molecule has 0 radical (unpaired) electrons. The average Bonchev–Trinajstić information content (AvgIpc) is 3.35. The van der Waals surface area contributed by atoms with Crippen molar-refractivity contribution in [2.75, 3.05) is 19.6 Å². The van der Waals surface area contributed by atoms with Crippen LogP contribution < -0.4 is 10.6 Å². The fraction of sp³-hybridized carbons (Fsp3) is 0.870. The van der Waals surface area contributed by atoms with E-state index in [1.807, 2.05) is 18.5 Å². The van der Waals surface area contributed by atoms with Crippen LogP contribution in [0.5, 0.6) is 0 Å². The van der Waals surface area contributed by atoms with Crippen LogP contribution in [0.2, 0.25) is 0 Å². The Morgan fingerprint density at radius 2 is 1.94 bits per heavy atom. The van der Waals surface area contributed by atoms with Gasteiger partial charge < -0.3 is 15.2 Å². The molecule has 1 saturated heterocycles. The minimum Gasteiger partial charge on any atom is -0.355 e. The van der Waals surface area contributed by atoms with Gasteiger partial charge in [0.1, 0.15) is 12.4 Å². The Morgan fingerprint density at radius 3 is 2.61 bits per heavy atom. The lowest BCUT2D eigenvalue weighted by Gasteiger charge is -2.26. The van der Waals surface area contributed by atoms with Crippen LogP contribution >= 0.6 is 24.0 Å². The van der Waals surface area contributed by atoms with Crippen LogP contribution in [0.3, 0.4) is 0 Å². The first-order valence-corrected chi connectivity index (χ1v) is 12.2. The molecule has 0 bridgehead atoms. The number of halogens is 1. The molecule has 2 aliphatic rings. The Morgan fingerprint density at radius 1 is 1.16 bits per heavy atom. The zero-order valence-corrected chi connectivity index (χ0v) is 22.4. The van der Waals surface area contributed by atoms with Gasteiger partial charge in [0.05, 0.1) is 0 Å². The molecule has 0 aromatic carbocycles. The summed E-state index contributed by atoms with van der Waals surface area (Å²) in [6.45, 7) is 10.4. The van der Waals surface area contributed by atoms with Crippen LogP contribution in [0.25, 0.3) is 0 Å². The molecule has 7 nitrogen and oxygen atoms in total. The van der Waals surface area contributed by atoms with Crippen molar-refractivity contribution in [2.24, 2.45) is 18.0 Å². The molecule has 3 rings (SSSR count). The smallest absolute Gasteiger partial charge is 0.191 e. The first kappa shape index (κ1) is 26.4. The molecule has 0 amide bonds. The van der Waals surface area contributed by atoms with Gasteiger partial charge >= 0.3 is 0 Å². The van der Waals surface area contributed by atoms with Crippen molar-refractivity contribution in [1.29, 1.82) is 0 Å². The summed E-state index contributed by atoms with van der Waals surface area (Å²) in [6, 6.07) is 1.03. The number of likely N-dealkylation sites (N-methyl/N-ethyl adjacent to an activating group) is 1. The molecule has 2 N–H and O–H groups in total. The highest BCUT2D eigenvalue weighted by molar-refractivity contribution is 14.0. The number of hydrogen-bond acceptors (Lipinski definition) is 4. The number of nitrogens with zero attached hydrogens (tertiary/aromatic N) is 5. The van der Waals surface area contributed by atoms with Crippen LogP contribution in [0, 0.1) is 12.8 Å². The summed E-state index contributed by atoms with van der Waals surface area (Å²) in [7, 11) is 2.01. The monoisotopic (exact) mass is 545 g/mol. The molecule has 1 saturated carbocycles. The molecule has 178 valence electrons. The van der Waals surface area contributed by atoms with Crippen molar-refractivity contribution in [3.63, 3.8) is 0 Å². The first-order valence-electron chi connectivity index (χ1n) is 12.2. The van der Waals surface area contributed by atoms with Crippen molar-refractivity contribution in [2.45, 2.75) is 97.2 Å². The largest absolute Gasteiger partial charge is 0.355 e. The average molecular weight is 546 g/mol. The number of nitrogens with one attached hydrogen (secondary N) is 2. The van der Waals surface area contributed by atoms with Gasteiger partial charge in [-0.3, -0.25) is 4.90 Å². The van der Waals surface area contributed by atoms with Crippen LogP contribution in [0.1, 0.15) is 83.3 Å². The Hall–Kier alpha value is -0.900. The number of rotatable bonds is 9. The molecule has 2 fully saturated rings. The van der Waals surface area contributed by atoms with Crippen molar-refractivity contribution < 1.29 is 0 Å². The molecule has 31 heavy (non-hydrogen) atoms. The second kappa shape index (κ2) is 13.6. The fourth-order valence-corrected chi connectivity index (χ4v) is 4.92. The van der Waals surface area contributed by atoms with Crippen molar-refractivity contribution in [3.8, 4) is 0 Å². The summed E-state index contributed by atoms with van der Waals surface area (Å²) < 4.78 is 2.02. The lowest BCUT2D eigenvalue weighted by molar-refractivity contribution is 0.266. The number of aliphatic imine (C=N–C) groups is 1. The van der Waals surface area contributed by atoms with E-state index in [4.69, 9.17) is 4.99 Å². The van der Waals surface area contributed by atoms with E-state index in [1.54, 1.807) is 0 Å². The lowest BCUT2D eigenvalue weighted by atomic mass is 9.85. The summed E-state index contributed by atoms with van der Waals surface area (Å²) >= 11 is 0. The highest BCUT2D eigenvalue weighted by atomic mass is 127. The third kappa shape index (κ3) is 8.18.